The fourth-order valence-corrected chi connectivity index (χ4v) is 5.34. The fraction of sp³-hybridized carbons (Fsp3) is 0.344. The summed E-state index contributed by atoms with van der Waals surface area (Å²) >= 11 is 6.11. The quantitative estimate of drug-likeness (QED) is 0.214. The molecule has 1 heterocycles. The number of fused-ring (bicyclic) bond motifs is 1. The molecule has 204 valence electrons. The van der Waals surface area contributed by atoms with Crippen molar-refractivity contribution in [2.24, 2.45) is 0 Å². The highest BCUT2D eigenvalue weighted by molar-refractivity contribution is 6.33. The van der Waals surface area contributed by atoms with Crippen molar-refractivity contribution in [1.82, 2.24) is 9.55 Å². The van der Waals surface area contributed by atoms with Crippen molar-refractivity contribution >= 4 is 28.5 Å². The molecule has 0 amide bonds. The Labute approximate surface area is 234 Å². The lowest BCUT2D eigenvalue weighted by Crippen LogP contribution is -2.26. The molecule has 0 radical (unpaired) electrons. The molecule has 0 aliphatic heterocycles. The minimum absolute atomic E-state index is 0.0122. The first-order valence-corrected chi connectivity index (χ1v) is 13.9. The Kier molecular flexibility index (Phi) is 9.08. The van der Waals surface area contributed by atoms with Gasteiger partial charge in [-0.15, -0.1) is 0 Å². The Morgan fingerprint density at radius 3 is 2.41 bits per heavy atom. The lowest BCUT2D eigenvalue weighted by molar-refractivity contribution is 0.0694. The number of carboxylic acids is 1. The van der Waals surface area contributed by atoms with Gasteiger partial charge in [-0.1, -0.05) is 68.6 Å². The van der Waals surface area contributed by atoms with Gasteiger partial charge in [0.05, 0.1) is 28.0 Å². The first kappa shape index (κ1) is 28.4. The lowest BCUT2D eigenvalue weighted by Gasteiger charge is -2.18. The van der Waals surface area contributed by atoms with Gasteiger partial charge < -0.3 is 9.84 Å². The van der Waals surface area contributed by atoms with Crippen molar-refractivity contribution in [2.75, 3.05) is 0 Å². The summed E-state index contributed by atoms with van der Waals surface area (Å²) in [6, 6.07) is 15.0. The number of carbonyl (C=O) groups is 1. The van der Waals surface area contributed by atoms with E-state index < -0.39 is 5.97 Å². The molecule has 0 saturated carbocycles. The molecule has 0 saturated heterocycles. The molecule has 7 heteroatoms. The topological polar surface area (TPSA) is 81.4 Å². The van der Waals surface area contributed by atoms with Crippen molar-refractivity contribution < 1.29 is 14.6 Å². The van der Waals surface area contributed by atoms with Crippen LogP contribution in [-0.2, 0) is 26.0 Å². The number of halogens is 1. The zero-order valence-corrected chi connectivity index (χ0v) is 23.8. The zero-order chi connectivity index (χ0) is 28.1. The van der Waals surface area contributed by atoms with E-state index in [1.54, 1.807) is 18.2 Å². The molecule has 4 aromatic rings. The van der Waals surface area contributed by atoms with Gasteiger partial charge in [-0.2, -0.15) is 0 Å². The Hall–Kier alpha value is -3.64. The zero-order valence-electron chi connectivity index (χ0n) is 23.0. The van der Waals surface area contributed by atoms with E-state index in [2.05, 4.69) is 19.9 Å². The first-order chi connectivity index (χ1) is 18.7. The van der Waals surface area contributed by atoms with Crippen LogP contribution >= 0.6 is 11.6 Å². The average molecular weight is 547 g/mol. The highest BCUT2D eigenvalue weighted by Gasteiger charge is 2.17. The van der Waals surface area contributed by atoms with E-state index in [1.807, 2.05) is 42.7 Å². The molecule has 4 rings (SSSR count). The number of hydrogen-bond donors (Lipinski definition) is 1. The molecular weight excluding hydrogens is 512 g/mol. The molecule has 0 spiro atoms. The third-order valence-corrected chi connectivity index (χ3v) is 7.25. The summed E-state index contributed by atoms with van der Waals surface area (Å²) < 4.78 is 7.91. The third-order valence-electron chi connectivity index (χ3n) is 6.94. The van der Waals surface area contributed by atoms with Crippen molar-refractivity contribution in [3.8, 4) is 5.75 Å². The second-order valence-electron chi connectivity index (χ2n) is 10.1. The van der Waals surface area contributed by atoms with Gasteiger partial charge in [-0.05, 0) is 67.1 Å². The van der Waals surface area contributed by atoms with Crippen LogP contribution in [0.2, 0.25) is 5.02 Å². The second kappa shape index (κ2) is 12.5. The van der Waals surface area contributed by atoms with E-state index in [0.29, 0.717) is 23.2 Å². The van der Waals surface area contributed by atoms with Crippen LogP contribution in [0.3, 0.4) is 0 Å². The van der Waals surface area contributed by atoms with Crippen LogP contribution in [0.15, 0.2) is 53.3 Å². The Morgan fingerprint density at radius 2 is 1.74 bits per heavy atom. The van der Waals surface area contributed by atoms with Crippen LogP contribution in [-0.4, -0.2) is 20.6 Å². The minimum Gasteiger partial charge on any atom is -0.488 e. The van der Waals surface area contributed by atoms with Gasteiger partial charge in [-0.25, -0.2) is 9.78 Å². The number of aromatic nitrogens is 2. The maximum Gasteiger partial charge on any atom is 0.337 e. The van der Waals surface area contributed by atoms with Gasteiger partial charge in [0.25, 0.3) is 5.56 Å². The maximum absolute atomic E-state index is 13.7. The number of nitrogens with zero attached hydrogens (tertiary/aromatic N) is 2. The van der Waals surface area contributed by atoms with Gasteiger partial charge >= 0.3 is 5.97 Å². The van der Waals surface area contributed by atoms with Gasteiger partial charge in [0.1, 0.15) is 18.2 Å². The SMILES string of the molecule is CCCCc1nc2ccc(CCC)cc2c(=O)n1Cc1cc(C)c(OCc2cccc(Cl)c2C(=O)O)c(C)c1. The molecule has 3 aromatic carbocycles. The number of ether oxygens (including phenoxy) is 1. The number of unbranched alkanes of at least 4 members (excludes halogenated alkanes) is 1. The van der Waals surface area contributed by atoms with E-state index in [-0.39, 0.29) is 22.8 Å². The second-order valence-corrected chi connectivity index (χ2v) is 10.5. The number of carboxylic acid groups (broad SMARTS) is 1. The Morgan fingerprint density at radius 1 is 1.00 bits per heavy atom. The van der Waals surface area contributed by atoms with E-state index in [4.69, 9.17) is 21.3 Å². The molecule has 0 atom stereocenters. The molecule has 0 bridgehead atoms. The average Bonchev–Trinajstić information content (AvgIpc) is 2.89. The summed E-state index contributed by atoms with van der Waals surface area (Å²) in [5.41, 5.74) is 5.25. The summed E-state index contributed by atoms with van der Waals surface area (Å²) in [6.07, 6.45) is 4.66. The van der Waals surface area contributed by atoms with Crippen LogP contribution < -0.4 is 10.3 Å². The predicted octanol–water partition coefficient (Wildman–Crippen LogP) is 7.29. The van der Waals surface area contributed by atoms with Crippen LogP contribution in [0.25, 0.3) is 10.9 Å². The minimum atomic E-state index is -1.09. The lowest BCUT2D eigenvalue weighted by atomic mass is 10.0. The predicted molar refractivity (Wildman–Crippen MR) is 156 cm³/mol. The van der Waals surface area contributed by atoms with Crippen molar-refractivity contribution in [3.05, 3.63) is 103 Å². The summed E-state index contributed by atoms with van der Waals surface area (Å²) in [4.78, 5) is 30.3. The van der Waals surface area contributed by atoms with Crippen LogP contribution in [0.1, 0.15) is 77.1 Å². The molecule has 1 aromatic heterocycles. The number of aryl methyl sites for hydroxylation is 4. The van der Waals surface area contributed by atoms with Gasteiger partial charge in [-0.3, -0.25) is 9.36 Å². The summed E-state index contributed by atoms with van der Waals surface area (Å²) in [6.45, 7) is 8.68. The number of rotatable bonds is 11. The van der Waals surface area contributed by atoms with Crippen LogP contribution in [0.5, 0.6) is 5.75 Å². The number of aromatic carboxylic acids is 1. The smallest absolute Gasteiger partial charge is 0.337 e. The molecule has 0 aliphatic rings. The fourth-order valence-electron chi connectivity index (χ4n) is 5.07. The highest BCUT2D eigenvalue weighted by atomic mass is 35.5. The summed E-state index contributed by atoms with van der Waals surface area (Å²) in [5, 5.41) is 10.4. The van der Waals surface area contributed by atoms with Crippen LogP contribution in [0, 0.1) is 13.8 Å². The molecule has 1 N–H and O–H groups in total. The Balaban J connectivity index is 1.67. The largest absolute Gasteiger partial charge is 0.488 e. The maximum atomic E-state index is 13.7. The molecule has 0 fully saturated rings. The highest BCUT2D eigenvalue weighted by Crippen LogP contribution is 2.28. The number of hydrogen-bond acceptors (Lipinski definition) is 4. The molecule has 39 heavy (non-hydrogen) atoms. The van der Waals surface area contributed by atoms with Gasteiger partial charge in [0.15, 0.2) is 0 Å². The van der Waals surface area contributed by atoms with Crippen molar-refractivity contribution in [2.45, 2.75) is 73.0 Å². The van der Waals surface area contributed by atoms with E-state index >= 15 is 0 Å². The summed E-state index contributed by atoms with van der Waals surface area (Å²) in [7, 11) is 0. The third kappa shape index (κ3) is 6.34. The van der Waals surface area contributed by atoms with Crippen LogP contribution in [0.4, 0.5) is 0 Å². The monoisotopic (exact) mass is 546 g/mol. The molecular formula is C32H35ClN2O4. The summed E-state index contributed by atoms with van der Waals surface area (Å²) in [5.74, 6) is 0.406. The van der Waals surface area contributed by atoms with E-state index in [0.717, 1.165) is 65.7 Å². The van der Waals surface area contributed by atoms with Crippen molar-refractivity contribution in [3.63, 3.8) is 0 Å². The molecule has 0 unspecified atom stereocenters. The molecule has 0 aliphatic carbocycles. The molecule has 6 nitrogen and oxygen atoms in total. The normalized spacial score (nSPS) is 11.2. The van der Waals surface area contributed by atoms with E-state index in [1.165, 1.54) is 0 Å². The Bertz CT molecular complexity index is 1550. The van der Waals surface area contributed by atoms with E-state index in [9.17, 15) is 14.7 Å². The number of benzene rings is 3. The first-order valence-electron chi connectivity index (χ1n) is 13.5. The van der Waals surface area contributed by atoms with Crippen molar-refractivity contribution in [1.29, 1.82) is 0 Å². The standard InChI is InChI=1S/C32H35ClN2O4/c1-5-7-12-28-34-27-14-13-22(9-6-2)17-25(27)31(36)35(28)18-23-15-20(3)30(21(4)16-23)39-19-24-10-8-11-26(33)29(24)32(37)38/h8,10-11,13-17H,5-7,9,12,18-19H2,1-4H3,(H,37,38). The van der Waals surface area contributed by atoms with Gasteiger partial charge in [0, 0.05) is 12.0 Å². The van der Waals surface area contributed by atoms with Gasteiger partial charge in [0.2, 0.25) is 0 Å².